The van der Waals surface area contributed by atoms with Crippen LogP contribution < -0.4 is 5.32 Å². The van der Waals surface area contributed by atoms with E-state index in [4.69, 9.17) is 4.74 Å². The smallest absolute Gasteiger partial charge is 0.223 e. The molecule has 0 heterocycles. The molecule has 0 aromatic heterocycles. The highest BCUT2D eigenvalue weighted by Crippen LogP contribution is 2.07. The van der Waals surface area contributed by atoms with E-state index in [1.807, 2.05) is 25.7 Å². The maximum absolute atomic E-state index is 11.8. The lowest BCUT2D eigenvalue weighted by Crippen LogP contribution is -2.36. The van der Waals surface area contributed by atoms with Crippen LogP contribution in [0.1, 0.15) is 47.5 Å². The fourth-order valence-corrected chi connectivity index (χ4v) is 2.26. The van der Waals surface area contributed by atoms with E-state index in [-0.39, 0.29) is 12.0 Å². The topological polar surface area (TPSA) is 61.8 Å². The fourth-order valence-electron chi connectivity index (χ4n) is 2.26. The Morgan fingerprint density at radius 2 is 1.86 bits per heavy atom. The van der Waals surface area contributed by atoms with E-state index in [1.54, 1.807) is 0 Å². The van der Waals surface area contributed by atoms with Crippen LogP contribution in [0.15, 0.2) is 0 Å². The minimum absolute atomic E-state index is 0.156. The summed E-state index contributed by atoms with van der Waals surface area (Å²) in [6.45, 7) is 13.2. The van der Waals surface area contributed by atoms with Crippen molar-refractivity contribution in [3.8, 4) is 0 Å². The van der Waals surface area contributed by atoms with Crippen LogP contribution in [-0.4, -0.2) is 60.9 Å². The third kappa shape index (κ3) is 10.7. The van der Waals surface area contributed by atoms with Gasteiger partial charge in [0.25, 0.3) is 0 Å². The molecule has 0 spiro atoms. The van der Waals surface area contributed by atoms with Crippen molar-refractivity contribution < 1.29 is 14.6 Å². The molecule has 0 saturated heterocycles. The summed E-state index contributed by atoms with van der Waals surface area (Å²) in [6.07, 6.45) is 1.12. The van der Waals surface area contributed by atoms with Crippen LogP contribution in [0.3, 0.4) is 0 Å². The predicted octanol–water partition coefficient (Wildman–Crippen LogP) is 1.65. The molecular weight excluding hydrogens is 268 g/mol. The summed E-state index contributed by atoms with van der Waals surface area (Å²) in [5, 5.41) is 12.9. The third-order valence-corrected chi connectivity index (χ3v) is 3.39. The Morgan fingerprint density at radius 3 is 2.38 bits per heavy atom. The molecule has 126 valence electrons. The molecule has 0 aliphatic carbocycles. The number of aliphatic hydroxyl groups is 1. The lowest BCUT2D eigenvalue weighted by atomic mass is 10.1. The summed E-state index contributed by atoms with van der Waals surface area (Å²) >= 11 is 0. The van der Waals surface area contributed by atoms with Crippen LogP contribution in [0.5, 0.6) is 0 Å². The first kappa shape index (κ1) is 20.3. The van der Waals surface area contributed by atoms with Gasteiger partial charge in [-0.1, -0.05) is 13.8 Å². The second-order valence-electron chi connectivity index (χ2n) is 5.95. The zero-order chi connectivity index (χ0) is 16.3. The van der Waals surface area contributed by atoms with Crippen molar-refractivity contribution in [2.45, 2.75) is 59.7 Å². The van der Waals surface area contributed by atoms with Gasteiger partial charge in [0.1, 0.15) is 0 Å². The third-order valence-electron chi connectivity index (χ3n) is 3.39. The average molecular weight is 302 g/mol. The fraction of sp³-hybridized carbons (Fsp3) is 0.938. The number of rotatable bonds is 12. The molecule has 0 rings (SSSR count). The number of ether oxygens (including phenoxy) is 1. The molecule has 1 amide bonds. The van der Waals surface area contributed by atoms with Gasteiger partial charge in [-0.05, 0) is 33.1 Å². The molecule has 2 atom stereocenters. The molecule has 0 saturated carbocycles. The van der Waals surface area contributed by atoms with E-state index in [0.717, 1.165) is 19.5 Å². The maximum Gasteiger partial charge on any atom is 0.223 e. The molecule has 0 aliphatic heterocycles. The quantitative estimate of drug-likeness (QED) is 0.538. The number of aliphatic hydroxyl groups excluding tert-OH is 1. The first-order chi connectivity index (χ1) is 9.90. The Kier molecular flexibility index (Phi) is 11.6. The second-order valence-corrected chi connectivity index (χ2v) is 5.95. The number of nitrogens with one attached hydrogen (secondary N) is 1. The van der Waals surface area contributed by atoms with Crippen LogP contribution in [0.2, 0.25) is 0 Å². The first-order valence-electron chi connectivity index (χ1n) is 8.18. The highest BCUT2D eigenvalue weighted by molar-refractivity contribution is 5.76. The molecule has 21 heavy (non-hydrogen) atoms. The molecule has 0 radical (unpaired) electrons. The van der Waals surface area contributed by atoms with E-state index in [1.165, 1.54) is 0 Å². The van der Waals surface area contributed by atoms with Gasteiger partial charge in [-0.15, -0.1) is 0 Å². The SMILES string of the molecule is CCN(CC)C(=O)CCNCC(O)COC(C)CC(C)C. The normalized spacial score (nSPS) is 14.2. The molecule has 5 heteroatoms. The standard InChI is InChI=1S/C16H34N2O3/c1-6-18(7-2)16(20)8-9-17-11-15(19)12-21-14(5)10-13(3)4/h13-15,17,19H,6-12H2,1-5H3. The highest BCUT2D eigenvalue weighted by Gasteiger charge is 2.11. The maximum atomic E-state index is 11.8. The van der Waals surface area contributed by atoms with Crippen LogP contribution in [0.4, 0.5) is 0 Å². The van der Waals surface area contributed by atoms with Crippen molar-refractivity contribution in [3.05, 3.63) is 0 Å². The number of hydrogen-bond acceptors (Lipinski definition) is 4. The zero-order valence-electron chi connectivity index (χ0n) is 14.4. The zero-order valence-corrected chi connectivity index (χ0v) is 14.4. The van der Waals surface area contributed by atoms with Crippen LogP contribution in [0, 0.1) is 5.92 Å². The molecule has 2 N–H and O–H groups in total. The molecule has 5 nitrogen and oxygen atoms in total. The number of nitrogens with zero attached hydrogens (tertiary/aromatic N) is 1. The molecular formula is C16H34N2O3. The summed E-state index contributed by atoms with van der Waals surface area (Å²) in [7, 11) is 0. The number of carbonyl (C=O) groups excluding carboxylic acids is 1. The summed E-state index contributed by atoms with van der Waals surface area (Å²) in [5.74, 6) is 0.755. The summed E-state index contributed by atoms with van der Waals surface area (Å²) in [6, 6.07) is 0. The van der Waals surface area contributed by atoms with E-state index in [2.05, 4.69) is 19.2 Å². The molecule has 0 fully saturated rings. The van der Waals surface area contributed by atoms with Gasteiger partial charge in [-0.3, -0.25) is 4.79 Å². The van der Waals surface area contributed by atoms with Crippen LogP contribution in [0.25, 0.3) is 0 Å². The lowest BCUT2D eigenvalue weighted by molar-refractivity contribution is -0.130. The molecule has 0 aromatic rings. The summed E-state index contributed by atoms with van der Waals surface area (Å²) < 4.78 is 5.60. The monoisotopic (exact) mass is 302 g/mol. The Hall–Kier alpha value is -0.650. The van der Waals surface area contributed by atoms with Gasteiger partial charge < -0.3 is 20.1 Å². The Labute approximate surface area is 130 Å². The Balaban J connectivity index is 3.66. The van der Waals surface area contributed by atoms with Crippen molar-refractivity contribution in [2.24, 2.45) is 5.92 Å². The number of hydrogen-bond donors (Lipinski definition) is 2. The van der Waals surface area contributed by atoms with E-state index < -0.39 is 6.10 Å². The molecule has 0 bridgehead atoms. The summed E-state index contributed by atoms with van der Waals surface area (Å²) in [4.78, 5) is 13.6. The minimum atomic E-state index is -0.525. The van der Waals surface area contributed by atoms with Gasteiger partial charge in [0.15, 0.2) is 0 Å². The van der Waals surface area contributed by atoms with Gasteiger partial charge in [0, 0.05) is 32.6 Å². The van der Waals surface area contributed by atoms with Gasteiger partial charge in [-0.2, -0.15) is 0 Å². The number of carbonyl (C=O) groups is 1. The van der Waals surface area contributed by atoms with Crippen molar-refractivity contribution >= 4 is 5.91 Å². The minimum Gasteiger partial charge on any atom is -0.389 e. The number of amides is 1. The van der Waals surface area contributed by atoms with Crippen LogP contribution in [-0.2, 0) is 9.53 Å². The second kappa shape index (κ2) is 12.0. The molecule has 0 aliphatic rings. The van der Waals surface area contributed by atoms with Crippen molar-refractivity contribution in [3.63, 3.8) is 0 Å². The first-order valence-corrected chi connectivity index (χ1v) is 8.18. The largest absolute Gasteiger partial charge is 0.389 e. The van der Waals surface area contributed by atoms with Crippen molar-refractivity contribution in [1.82, 2.24) is 10.2 Å². The highest BCUT2D eigenvalue weighted by atomic mass is 16.5. The Bertz CT molecular complexity index is 268. The molecule has 0 aromatic carbocycles. The predicted molar refractivity (Wildman–Crippen MR) is 86.3 cm³/mol. The van der Waals surface area contributed by atoms with Crippen molar-refractivity contribution in [1.29, 1.82) is 0 Å². The van der Waals surface area contributed by atoms with E-state index in [0.29, 0.717) is 32.0 Å². The van der Waals surface area contributed by atoms with Gasteiger partial charge in [0.05, 0.1) is 18.8 Å². The van der Waals surface area contributed by atoms with E-state index >= 15 is 0 Å². The van der Waals surface area contributed by atoms with Gasteiger partial charge in [0.2, 0.25) is 5.91 Å². The lowest BCUT2D eigenvalue weighted by Gasteiger charge is -2.20. The average Bonchev–Trinajstić information content (AvgIpc) is 2.42. The summed E-state index contributed by atoms with van der Waals surface area (Å²) in [5.41, 5.74) is 0. The molecule has 2 unspecified atom stereocenters. The Morgan fingerprint density at radius 1 is 1.24 bits per heavy atom. The van der Waals surface area contributed by atoms with Gasteiger partial charge >= 0.3 is 0 Å². The van der Waals surface area contributed by atoms with Crippen molar-refractivity contribution in [2.75, 3.05) is 32.8 Å². The van der Waals surface area contributed by atoms with E-state index in [9.17, 15) is 9.90 Å². The van der Waals surface area contributed by atoms with Crippen LogP contribution >= 0.6 is 0 Å². The van der Waals surface area contributed by atoms with Gasteiger partial charge in [-0.25, -0.2) is 0 Å².